The van der Waals surface area contributed by atoms with Crippen molar-refractivity contribution in [2.45, 2.75) is 19.4 Å². The van der Waals surface area contributed by atoms with Gasteiger partial charge in [0.25, 0.3) is 0 Å². The lowest BCUT2D eigenvalue weighted by Crippen LogP contribution is -2.32. The highest BCUT2D eigenvalue weighted by atomic mass is 16.3. The first kappa shape index (κ1) is 11.9. The molecular weight excluding hydrogens is 216 g/mol. The Morgan fingerprint density at radius 2 is 2.53 bits per heavy atom. The Hall–Kier alpha value is -1.55. The molecular formula is C13H18N2O2. The molecule has 4 nitrogen and oxygen atoms in total. The first-order valence-electron chi connectivity index (χ1n) is 5.93. The van der Waals surface area contributed by atoms with Crippen LogP contribution < -0.4 is 5.73 Å². The number of likely N-dealkylation sites (tertiary alicyclic amines) is 1. The molecule has 0 spiro atoms. The summed E-state index contributed by atoms with van der Waals surface area (Å²) >= 11 is 0. The van der Waals surface area contributed by atoms with E-state index in [0.29, 0.717) is 11.7 Å². The number of carbonyl (C=O) groups is 1. The minimum atomic E-state index is 0.0320. The molecule has 1 amide bonds. The van der Waals surface area contributed by atoms with E-state index in [9.17, 15) is 4.79 Å². The van der Waals surface area contributed by atoms with Crippen LogP contribution in [0.15, 0.2) is 28.9 Å². The Morgan fingerprint density at radius 1 is 1.71 bits per heavy atom. The molecule has 4 heteroatoms. The number of nitrogens with zero attached hydrogens (tertiary/aromatic N) is 1. The molecule has 1 fully saturated rings. The molecule has 2 N–H and O–H groups in total. The summed E-state index contributed by atoms with van der Waals surface area (Å²) in [6.07, 6.45) is 5.84. The summed E-state index contributed by atoms with van der Waals surface area (Å²) in [5.41, 5.74) is 5.84. The van der Waals surface area contributed by atoms with Crippen LogP contribution in [0.4, 0.5) is 0 Å². The van der Waals surface area contributed by atoms with Gasteiger partial charge in [0, 0.05) is 25.2 Å². The molecule has 1 aliphatic heterocycles. The Morgan fingerprint density at radius 3 is 3.12 bits per heavy atom. The fourth-order valence-corrected chi connectivity index (χ4v) is 2.06. The molecule has 2 unspecified atom stereocenters. The van der Waals surface area contributed by atoms with E-state index in [0.717, 1.165) is 19.5 Å². The summed E-state index contributed by atoms with van der Waals surface area (Å²) in [4.78, 5) is 13.7. The molecule has 0 radical (unpaired) electrons. The van der Waals surface area contributed by atoms with Crippen LogP contribution in [0.2, 0.25) is 0 Å². The highest BCUT2D eigenvalue weighted by Gasteiger charge is 2.27. The maximum absolute atomic E-state index is 11.9. The third-order valence-electron chi connectivity index (χ3n) is 3.21. The number of carbonyl (C=O) groups excluding carboxylic acids is 1. The van der Waals surface area contributed by atoms with Gasteiger partial charge in [-0.15, -0.1) is 0 Å². The smallest absolute Gasteiger partial charge is 0.246 e. The topological polar surface area (TPSA) is 59.5 Å². The predicted molar refractivity (Wildman–Crippen MR) is 66.1 cm³/mol. The monoisotopic (exact) mass is 234 g/mol. The fraction of sp³-hybridized carbons (Fsp3) is 0.462. The molecule has 1 aromatic heterocycles. The van der Waals surface area contributed by atoms with Gasteiger partial charge in [-0.25, -0.2) is 0 Å². The normalized spacial score (nSPS) is 22.2. The minimum absolute atomic E-state index is 0.0320. The lowest BCUT2D eigenvalue weighted by atomic mass is 10.0. The predicted octanol–water partition coefficient (Wildman–Crippen LogP) is 1.49. The number of nitrogens with two attached hydrogens (primary N) is 1. The largest absolute Gasteiger partial charge is 0.465 e. The average molecular weight is 234 g/mol. The van der Waals surface area contributed by atoms with E-state index in [4.69, 9.17) is 10.2 Å². The zero-order chi connectivity index (χ0) is 12.3. The molecule has 0 saturated carbocycles. The molecule has 0 aromatic carbocycles. The van der Waals surface area contributed by atoms with Gasteiger partial charge >= 0.3 is 0 Å². The first-order valence-corrected chi connectivity index (χ1v) is 5.93. The third-order valence-corrected chi connectivity index (χ3v) is 3.21. The molecule has 1 aromatic rings. The highest BCUT2D eigenvalue weighted by molar-refractivity contribution is 5.91. The lowest BCUT2D eigenvalue weighted by Gasteiger charge is -2.16. The van der Waals surface area contributed by atoms with E-state index in [-0.39, 0.29) is 11.9 Å². The summed E-state index contributed by atoms with van der Waals surface area (Å²) in [6, 6.07) is 3.77. The zero-order valence-corrected chi connectivity index (χ0v) is 10.0. The Bertz CT molecular complexity index is 396. The maximum atomic E-state index is 11.9. The lowest BCUT2D eigenvalue weighted by molar-refractivity contribution is -0.125. The van der Waals surface area contributed by atoms with Crippen molar-refractivity contribution in [2.24, 2.45) is 11.7 Å². The van der Waals surface area contributed by atoms with Crippen LogP contribution in [0.3, 0.4) is 0 Å². The van der Waals surface area contributed by atoms with Crippen molar-refractivity contribution in [3.05, 3.63) is 30.2 Å². The van der Waals surface area contributed by atoms with Gasteiger partial charge in [0.1, 0.15) is 5.76 Å². The van der Waals surface area contributed by atoms with Crippen molar-refractivity contribution in [3.63, 3.8) is 0 Å². The second-order valence-corrected chi connectivity index (χ2v) is 4.54. The summed E-state index contributed by atoms with van der Waals surface area (Å²) < 4.78 is 5.13. The average Bonchev–Trinajstić information content (AvgIpc) is 2.96. The minimum Gasteiger partial charge on any atom is -0.465 e. The van der Waals surface area contributed by atoms with Crippen LogP contribution in [0.25, 0.3) is 6.08 Å². The second-order valence-electron chi connectivity index (χ2n) is 4.54. The molecule has 0 bridgehead atoms. The summed E-state index contributed by atoms with van der Waals surface area (Å²) in [5.74, 6) is 1.15. The van der Waals surface area contributed by atoms with E-state index in [1.807, 2.05) is 17.9 Å². The van der Waals surface area contributed by atoms with Crippen LogP contribution in [-0.2, 0) is 4.79 Å². The van der Waals surface area contributed by atoms with Crippen LogP contribution >= 0.6 is 0 Å². The molecule has 2 atom stereocenters. The van der Waals surface area contributed by atoms with Gasteiger partial charge in [0.15, 0.2) is 0 Å². The number of hydrogen-bond donors (Lipinski definition) is 1. The molecule has 1 aliphatic rings. The van der Waals surface area contributed by atoms with E-state index < -0.39 is 0 Å². The van der Waals surface area contributed by atoms with Crippen LogP contribution in [-0.4, -0.2) is 29.9 Å². The number of furan rings is 1. The number of amides is 1. The Kier molecular flexibility index (Phi) is 3.64. The molecule has 1 saturated heterocycles. The van der Waals surface area contributed by atoms with Crippen molar-refractivity contribution in [3.8, 4) is 0 Å². The number of rotatable bonds is 3. The van der Waals surface area contributed by atoms with Crippen LogP contribution in [0.5, 0.6) is 0 Å². The van der Waals surface area contributed by atoms with Gasteiger partial charge in [-0.2, -0.15) is 0 Å². The summed E-state index contributed by atoms with van der Waals surface area (Å²) in [5, 5.41) is 0. The maximum Gasteiger partial charge on any atom is 0.246 e. The quantitative estimate of drug-likeness (QED) is 0.806. The van der Waals surface area contributed by atoms with Crippen molar-refractivity contribution in [2.75, 3.05) is 13.1 Å². The van der Waals surface area contributed by atoms with Crippen LogP contribution in [0.1, 0.15) is 19.1 Å². The zero-order valence-electron chi connectivity index (χ0n) is 10.0. The van der Waals surface area contributed by atoms with Crippen molar-refractivity contribution >= 4 is 12.0 Å². The first-order chi connectivity index (χ1) is 8.16. The van der Waals surface area contributed by atoms with Gasteiger partial charge in [-0.3, -0.25) is 4.79 Å². The van der Waals surface area contributed by atoms with E-state index in [2.05, 4.69) is 0 Å². The van der Waals surface area contributed by atoms with Gasteiger partial charge in [0.2, 0.25) is 5.91 Å². The SMILES string of the molecule is CC(N)C1CCN(C(=O)/C=C/c2ccco2)C1. The third kappa shape index (κ3) is 2.97. The van der Waals surface area contributed by atoms with E-state index >= 15 is 0 Å². The van der Waals surface area contributed by atoms with E-state index in [1.54, 1.807) is 24.5 Å². The summed E-state index contributed by atoms with van der Waals surface area (Å²) in [6.45, 7) is 3.56. The molecule has 17 heavy (non-hydrogen) atoms. The molecule has 92 valence electrons. The fourth-order valence-electron chi connectivity index (χ4n) is 2.06. The van der Waals surface area contributed by atoms with Gasteiger partial charge in [-0.1, -0.05) is 0 Å². The highest BCUT2D eigenvalue weighted by Crippen LogP contribution is 2.19. The van der Waals surface area contributed by atoms with Gasteiger partial charge < -0.3 is 15.1 Å². The Labute approximate surface area is 101 Å². The van der Waals surface area contributed by atoms with Crippen LogP contribution in [0, 0.1) is 5.92 Å². The Balaban J connectivity index is 1.89. The van der Waals surface area contributed by atoms with Gasteiger partial charge in [-0.05, 0) is 37.5 Å². The molecule has 2 heterocycles. The second kappa shape index (κ2) is 5.19. The van der Waals surface area contributed by atoms with Crippen molar-refractivity contribution < 1.29 is 9.21 Å². The molecule has 2 rings (SSSR count). The standard InChI is InChI=1S/C13H18N2O2/c1-10(14)11-6-7-15(9-11)13(16)5-4-12-3-2-8-17-12/h2-5,8,10-11H,6-7,9,14H2,1H3/b5-4+. The van der Waals surface area contributed by atoms with E-state index in [1.165, 1.54) is 0 Å². The van der Waals surface area contributed by atoms with Crippen molar-refractivity contribution in [1.82, 2.24) is 4.90 Å². The van der Waals surface area contributed by atoms with Gasteiger partial charge in [0.05, 0.1) is 6.26 Å². The van der Waals surface area contributed by atoms with Crippen molar-refractivity contribution in [1.29, 1.82) is 0 Å². The molecule has 0 aliphatic carbocycles. The number of hydrogen-bond acceptors (Lipinski definition) is 3. The summed E-state index contributed by atoms with van der Waals surface area (Å²) in [7, 11) is 0.